The highest BCUT2D eigenvalue weighted by Crippen LogP contribution is 2.13. The molecule has 30 heavy (non-hydrogen) atoms. The quantitative estimate of drug-likeness (QED) is 0.232. The molecule has 1 amide bonds. The first-order chi connectivity index (χ1) is 14.7. The van der Waals surface area contributed by atoms with Gasteiger partial charge in [0.15, 0.2) is 5.84 Å². The Morgan fingerprint density at radius 3 is 2.63 bits per heavy atom. The Morgan fingerprint density at radius 1 is 1.10 bits per heavy atom. The van der Waals surface area contributed by atoms with Crippen LogP contribution in [0.4, 0.5) is 5.69 Å². The van der Waals surface area contributed by atoms with Crippen molar-refractivity contribution in [1.29, 1.82) is 0 Å². The predicted octanol–water partition coefficient (Wildman–Crippen LogP) is 2.53. The van der Waals surface area contributed by atoms with Crippen molar-refractivity contribution in [3.05, 3.63) is 76.8 Å². The molecular weight excluding hydrogens is 376 g/mol. The zero-order valence-electron chi connectivity index (χ0n) is 16.6. The van der Waals surface area contributed by atoms with Gasteiger partial charge in [0.05, 0.1) is 0 Å². The maximum atomic E-state index is 12.8. The number of carbonyl (C=O) groups excluding carboxylic acids is 1. The van der Waals surface area contributed by atoms with E-state index in [1.807, 2.05) is 65.3 Å². The van der Waals surface area contributed by atoms with Crippen molar-refractivity contribution in [3.63, 3.8) is 0 Å². The van der Waals surface area contributed by atoms with E-state index in [0.29, 0.717) is 12.3 Å². The van der Waals surface area contributed by atoms with Crippen molar-refractivity contribution in [1.82, 2.24) is 4.57 Å². The standard InChI is InChI=1S/C23H22N6O/c1-25-23(27-28-24)16-8-7-13-21-19(14-16)18-11-5-6-12-20(18)29(21)15-22(30)26-17-9-3-2-4-10-17/h2-6,8-14H,7,15H2,1H3,(H,26,30)(H2,24,25,27). The Bertz CT molecular complexity index is 1300. The minimum atomic E-state index is -0.0803. The second-order valence-electron chi connectivity index (χ2n) is 6.82. The van der Waals surface area contributed by atoms with Crippen LogP contribution in [0.2, 0.25) is 0 Å². The van der Waals surface area contributed by atoms with Crippen LogP contribution >= 0.6 is 0 Å². The number of amides is 1. The summed E-state index contributed by atoms with van der Waals surface area (Å²) in [5, 5.41) is 13.3. The number of nitrogens with two attached hydrogens (primary N) is 1. The van der Waals surface area contributed by atoms with Gasteiger partial charge in [-0.3, -0.25) is 9.79 Å². The number of nitrogens with one attached hydrogen (secondary N) is 1. The number of nitrogens with zero attached hydrogens (tertiary/aromatic N) is 4. The molecule has 0 aliphatic heterocycles. The average Bonchev–Trinajstić information content (AvgIpc) is 2.91. The molecule has 0 saturated heterocycles. The maximum Gasteiger partial charge on any atom is 0.244 e. The molecule has 7 heteroatoms. The summed E-state index contributed by atoms with van der Waals surface area (Å²) < 4.78 is 2.05. The molecule has 0 spiro atoms. The lowest BCUT2D eigenvalue weighted by Gasteiger charge is -2.08. The lowest BCUT2D eigenvalue weighted by Crippen LogP contribution is -2.32. The van der Waals surface area contributed by atoms with Crippen LogP contribution in [0.25, 0.3) is 23.1 Å². The van der Waals surface area contributed by atoms with Gasteiger partial charge in [-0.25, -0.2) is 0 Å². The average molecular weight is 398 g/mol. The molecule has 1 aliphatic rings. The summed E-state index contributed by atoms with van der Waals surface area (Å²) in [5.41, 5.74) is 2.62. The van der Waals surface area contributed by atoms with Crippen LogP contribution in [0, 0.1) is 0 Å². The minimum absolute atomic E-state index is 0.0803. The normalized spacial score (nSPS) is 13.9. The van der Waals surface area contributed by atoms with E-state index < -0.39 is 0 Å². The molecule has 7 nitrogen and oxygen atoms in total. The van der Waals surface area contributed by atoms with Crippen molar-refractivity contribution in [2.45, 2.75) is 13.0 Å². The topological polar surface area (TPSA) is 97.1 Å². The molecule has 0 fully saturated rings. The van der Waals surface area contributed by atoms with Gasteiger partial charge < -0.3 is 15.7 Å². The van der Waals surface area contributed by atoms with E-state index in [-0.39, 0.29) is 12.5 Å². The van der Waals surface area contributed by atoms with E-state index in [1.165, 1.54) is 0 Å². The van der Waals surface area contributed by atoms with Crippen LogP contribution in [-0.4, -0.2) is 23.4 Å². The summed E-state index contributed by atoms with van der Waals surface area (Å²) >= 11 is 0. The van der Waals surface area contributed by atoms with Crippen LogP contribution < -0.4 is 21.7 Å². The molecule has 1 aliphatic carbocycles. The minimum Gasteiger partial charge on any atom is -0.331 e. The lowest BCUT2D eigenvalue weighted by molar-refractivity contribution is -0.116. The summed E-state index contributed by atoms with van der Waals surface area (Å²) in [6, 6.07) is 17.5. The third kappa shape index (κ3) is 3.77. The number of rotatable bonds is 4. The van der Waals surface area contributed by atoms with Gasteiger partial charge in [0.25, 0.3) is 0 Å². The summed E-state index contributed by atoms with van der Waals surface area (Å²) in [5.74, 6) is 5.63. The number of anilines is 1. The van der Waals surface area contributed by atoms with E-state index in [0.717, 1.165) is 32.7 Å². The number of allylic oxidation sites excluding steroid dienone is 1. The lowest BCUT2D eigenvalue weighted by atomic mass is 10.1. The van der Waals surface area contributed by atoms with Crippen molar-refractivity contribution >= 4 is 40.5 Å². The van der Waals surface area contributed by atoms with Gasteiger partial charge in [0.2, 0.25) is 5.91 Å². The van der Waals surface area contributed by atoms with E-state index >= 15 is 0 Å². The first-order valence-electron chi connectivity index (χ1n) is 9.63. The zero-order valence-corrected chi connectivity index (χ0v) is 16.6. The second-order valence-corrected chi connectivity index (χ2v) is 6.82. The van der Waals surface area contributed by atoms with E-state index in [4.69, 9.17) is 5.84 Å². The largest absolute Gasteiger partial charge is 0.331 e. The number of hydrogen-bond acceptors (Lipinski definition) is 3. The summed E-state index contributed by atoms with van der Waals surface area (Å²) in [6.07, 6.45) is 6.85. The fourth-order valence-corrected chi connectivity index (χ4v) is 3.71. The maximum absolute atomic E-state index is 12.8. The molecule has 2 aromatic carbocycles. The highest BCUT2D eigenvalue weighted by molar-refractivity contribution is 6.06. The SMILES string of the molecule is CN=C(N=NN)C1=CCC=c2c(c3ccccc3n2CC(=O)Nc2ccccc2)=C1. The van der Waals surface area contributed by atoms with Gasteiger partial charge in [0, 0.05) is 39.8 Å². The molecule has 0 bridgehead atoms. The van der Waals surface area contributed by atoms with E-state index in [9.17, 15) is 4.79 Å². The molecule has 4 rings (SSSR count). The number of aliphatic imine (C=N–C) groups is 1. The Kier molecular flexibility index (Phi) is 5.52. The van der Waals surface area contributed by atoms with Crippen molar-refractivity contribution in [3.8, 4) is 0 Å². The van der Waals surface area contributed by atoms with Crippen LogP contribution in [-0.2, 0) is 11.3 Å². The number of benzene rings is 2. The van der Waals surface area contributed by atoms with Crippen LogP contribution in [0.15, 0.2) is 81.6 Å². The van der Waals surface area contributed by atoms with Gasteiger partial charge in [0.1, 0.15) is 6.54 Å². The number of fused-ring (bicyclic) bond motifs is 3. The van der Waals surface area contributed by atoms with Gasteiger partial charge in [-0.15, -0.1) is 5.11 Å². The van der Waals surface area contributed by atoms with Gasteiger partial charge in [-0.05, 0) is 30.7 Å². The Hall–Kier alpha value is -4.00. The predicted molar refractivity (Wildman–Crippen MR) is 120 cm³/mol. The number of carbonyl (C=O) groups is 1. The molecule has 0 atom stereocenters. The zero-order chi connectivity index (χ0) is 20.9. The van der Waals surface area contributed by atoms with Crippen LogP contribution in [0.3, 0.4) is 0 Å². The fraction of sp³-hybridized carbons (Fsp3) is 0.130. The highest BCUT2D eigenvalue weighted by Gasteiger charge is 2.14. The second kappa shape index (κ2) is 8.57. The van der Waals surface area contributed by atoms with Crippen molar-refractivity contribution in [2.75, 3.05) is 12.4 Å². The molecule has 1 aromatic heterocycles. The fourth-order valence-electron chi connectivity index (χ4n) is 3.71. The molecule has 150 valence electrons. The van der Waals surface area contributed by atoms with E-state index in [2.05, 4.69) is 32.8 Å². The summed E-state index contributed by atoms with van der Waals surface area (Å²) in [6.45, 7) is 0.210. The monoisotopic (exact) mass is 398 g/mol. The molecule has 3 aromatic rings. The third-order valence-corrected chi connectivity index (χ3v) is 4.98. The van der Waals surface area contributed by atoms with Crippen LogP contribution in [0.1, 0.15) is 6.42 Å². The van der Waals surface area contributed by atoms with Gasteiger partial charge >= 0.3 is 0 Å². The number of aromatic nitrogens is 1. The Labute approximate surface area is 173 Å². The van der Waals surface area contributed by atoms with Crippen LogP contribution in [0.5, 0.6) is 0 Å². The molecule has 0 unspecified atom stereocenters. The number of amidine groups is 1. The molecule has 0 saturated carbocycles. The van der Waals surface area contributed by atoms with Gasteiger partial charge in [-0.1, -0.05) is 53.8 Å². The number of hydrogen-bond donors (Lipinski definition) is 2. The Morgan fingerprint density at radius 2 is 1.87 bits per heavy atom. The summed E-state index contributed by atoms with van der Waals surface area (Å²) in [4.78, 5) is 17.0. The van der Waals surface area contributed by atoms with Gasteiger partial charge in [-0.2, -0.15) is 0 Å². The Balaban J connectivity index is 1.80. The first kappa shape index (κ1) is 19.3. The molecule has 0 radical (unpaired) electrons. The van der Waals surface area contributed by atoms with Crippen molar-refractivity contribution in [2.24, 2.45) is 21.2 Å². The third-order valence-electron chi connectivity index (χ3n) is 4.98. The molecular formula is C23H22N6O. The summed E-state index contributed by atoms with van der Waals surface area (Å²) in [7, 11) is 1.66. The first-order valence-corrected chi connectivity index (χ1v) is 9.63. The smallest absolute Gasteiger partial charge is 0.244 e. The molecule has 1 heterocycles. The van der Waals surface area contributed by atoms with E-state index in [1.54, 1.807) is 7.05 Å². The number of para-hydroxylation sites is 2. The van der Waals surface area contributed by atoms with Crippen molar-refractivity contribution < 1.29 is 4.79 Å². The highest BCUT2D eigenvalue weighted by atomic mass is 16.1. The molecule has 3 N–H and O–H groups in total.